The maximum absolute atomic E-state index is 13.0. The van der Waals surface area contributed by atoms with Gasteiger partial charge in [-0.2, -0.15) is 0 Å². The van der Waals surface area contributed by atoms with Gasteiger partial charge in [-0.25, -0.2) is 0 Å². The van der Waals surface area contributed by atoms with Crippen molar-refractivity contribution < 1.29 is 19.2 Å². The van der Waals surface area contributed by atoms with Gasteiger partial charge < -0.3 is 10.2 Å². The summed E-state index contributed by atoms with van der Waals surface area (Å²) in [6.45, 7) is 0.962. The van der Waals surface area contributed by atoms with Gasteiger partial charge in [-0.3, -0.25) is 24.5 Å². The number of carbonyl (C=O) groups excluding carboxylic acids is 4. The number of nitrogens with one attached hydrogen (secondary N) is 2. The van der Waals surface area contributed by atoms with E-state index in [1.54, 1.807) is 17.0 Å². The summed E-state index contributed by atoms with van der Waals surface area (Å²) in [6, 6.07) is 17.8. The number of carbonyl (C=O) groups is 4. The second kappa shape index (κ2) is 7.92. The molecule has 0 aromatic heterocycles. The Kier molecular flexibility index (Phi) is 4.93. The highest BCUT2D eigenvalue weighted by Gasteiger charge is 2.30. The second-order valence-electron chi connectivity index (χ2n) is 8.17. The van der Waals surface area contributed by atoms with Gasteiger partial charge in [0, 0.05) is 30.3 Å². The molecule has 3 aromatic carbocycles. The van der Waals surface area contributed by atoms with E-state index < -0.39 is 11.8 Å². The van der Waals surface area contributed by atoms with E-state index in [0.29, 0.717) is 24.2 Å². The number of hydrogen-bond donors (Lipinski definition) is 2. The minimum Gasteiger partial charge on any atom is -0.348 e. The minimum atomic E-state index is -0.487. The Balaban J connectivity index is 1.28. The van der Waals surface area contributed by atoms with Gasteiger partial charge in [-0.1, -0.05) is 30.3 Å². The maximum Gasteiger partial charge on any atom is 0.258 e. The van der Waals surface area contributed by atoms with Crippen molar-refractivity contribution in [3.63, 3.8) is 0 Å². The molecule has 32 heavy (non-hydrogen) atoms. The number of imide groups is 1. The molecular weight excluding hydrogens is 406 g/mol. The molecule has 1 saturated heterocycles. The normalized spacial score (nSPS) is 17.8. The van der Waals surface area contributed by atoms with E-state index in [4.69, 9.17) is 0 Å². The molecule has 2 heterocycles. The first kappa shape index (κ1) is 19.9. The third-order valence-corrected chi connectivity index (χ3v) is 6.04. The van der Waals surface area contributed by atoms with Crippen LogP contribution in [0.3, 0.4) is 0 Å². The zero-order valence-electron chi connectivity index (χ0n) is 17.3. The number of amides is 4. The number of rotatable bonds is 3. The molecule has 0 saturated carbocycles. The van der Waals surface area contributed by atoms with Gasteiger partial charge in [0.15, 0.2) is 0 Å². The molecule has 2 N–H and O–H groups in total. The van der Waals surface area contributed by atoms with E-state index in [-0.39, 0.29) is 29.0 Å². The van der Waals surface area contributed by atoms with Crippen molar-refractivity contribution in [1.29, 1.82) is 0 Å². The fourth-order valence-electron chi connectivity index (χ4n) is 4.36. The van der Waals surface area contributed by atoms with Gasteiger partial charge in [0.1, 0.15) is 0 Å². The van der Waals surface area contributed by atoms with Crippen molar-refractivity contribution in [2.24, 2.45) is 0 Å². The van der Waals surface area contributed by atoms with Crippen LogP contribution in [0.1, 0.15) is 54.3 Å². The molecule has 2 aliphatic rings. The Morgan fingerprint density at radius 2 is 1.62 bits per heavy atom. The van der Waals surface area contributed by atoms with Crippen molar-refractivity contribution in [3.05, 3.63) is 82.9 Å². The summed E-state index contributed by atoms with van der Waals surface area (Å²) >= 11 is 0. The lowest BCUT2D eigenvalue weighted by atomic mass is 10.0. The Morgan fingerprint density at radius 1 is 0.875 bits per heavy atom. The predicted molar refractivity (Wildman–Crippen MR) is 119 cm³/mol. The molecule has 1 atom stereocenters. The first-order valence-electron chi connectivity index (χ1n) is 10.6. The zero-order valence-corrected chi connectivity index (χ0v) is 17.3. The monoisotopic (exact) mass is 427 g/mol. The molecule has 5 rings (SSSR count). The standard InChI is InChI=1S/C25H21N3O4/c29-22(17-8-7-15-4-1-2-5-16(15)12-17)26-19-6-3-11-28(14-19)25(32)18-9-10-20-21(13-18)24(31)27-23(20)30/h1-2,4-5,7-10,12-13,19H,3,6,11,14H2,(H,26,29)(H,27,30,31). The highest BCUT2D eigenvalue weighted by Crippen LogP contribution is 2.21. The molecule has 7 heteroatoms. The SMILES string of the molecule is O=C(NC1CCCN(C(=O)c2ccc3c(c2)C(=O)NC3=O)C1)c1ccc2ccccc2c1. The van der Waals surface area contributed by atoms with Crippen LogP contribution in [0.4, 0.5) is 0 Å². The average molecular weight is 427 g/mol. The molecule has 160 valence electrons. The number of piperidine rings is 1. The molecule has 0 spiro atoms. The topological polar surface area (TPSA) is 95.6 Å². The van der Waals surface area contributed by atoms with Crippen molar-refractivity contribution >= 4 is 34.4 Å². The van der Waals surface area contributed by atoms with Crippen molar-refractivity contribution in [2.45, 2.75) is 18.9 Å². The minimum absolute atomic E-state index is 0.161. The third kappa shape index (κ3) is 3.62. The summed E-state index contributed by atoms with van der Waals surface area (Å²) in [5.41, 5.74) is 1.45. The summed E-state index contributed by atoms with van der Waals surface area (Å²) in [6.07, 6.45) is 1.54. The number of benzene rings is 3. The summed E-state index contributed by atoms with van der Waals surface area (Å²) in [5, 5.41) is 7.35. The Morgan fingerprint density at radius 3 is 2.47 bits per heavy atom. The summed E-state index contributed by atoms with van der Waals surface area (Å²) in [4.78, 5) is 51.2. The molecule has 2 aliphatic heterocycles. The van der Waals surface area contributed by atoms with Crippen LogP contribution in [0.2, 0.25) is 0 Å². The lowest BCUT2D eigenvalue weighted by Crippen LogP contribution is -2.49. The van der Waals surface area contributed by atoms with Gasteiger partial charge in [0.25, 0.3) is 23.6 Å². The molecule has 3 aromatic rings. The fourth-order valence-corrected chi connectivity index (χ4v) is 4.36. The van der Waals surface area contributed by atoms with Crippen molar-refractivity contribution in [1.82, 2.24) is 15.5 Å². The van der Waals surface area contributed by atoms with Crippen LogP contribution in [0.25, 0.3) is 10.8 Å². The molecule has 4 amide bonds. The van der Waals surface area contributed by atoms with Crippen LogP contribution < -0.4 is 10.6 Å². The maximum atomic E-state index is 13.0. The number of fused-ring (bicyclic) bond motifs is 2. The van der Waals surface area contributed by atoms with Crippen molar-refractivity contribution in [2.75, 3.05) is 13.1 Å². The first-order chi connectivity index (χ1) is 15.5. The number of nitrogens with zero attached hydrogens (tertiary/aromatic N) is 1. The van der Waals surface area contributed by atoms with Crippen LogP contribution >= 0.6 is 0 Å². The van der Waals surface area contributed by atoms with Crippen LogP contribution in [0.5, 0.6) is 0 Å². The van der Waals surface area contributed by atoms with Gasteiger partial charge in [-0.15, -0.1) is 0 Å². The van der Waals surface area contributed by atoms with Gasteiger partial charge in [-0.05, 0) is 53.9 Å². The Bertz CT molecular complexity index is 1280. The summed E-state index contributed by atoms with van der Waals surface area (Å²) < 4.78 is 0. The molecule has 1 unspecified atom stereocenters. The Hall–Kier alpha value is -4.00. The van der Waals surface area contributed by atoms with Gasteiger partial charge in [0.2, 0.25) is 0 Å². The molecule has 0 bridgehead atoms. The summed E-state index contributed by atoms with van der Waals surface area (Å²) in [5.74, 6) is -1.32. The first-order valence-corrected chi connectivity index (χ1v) is 10.6. The number of hydrogen-bond acceptors (Lipinski definition) is 4. The lowest BCUT2D eigenvalue weighted by Gasteiger charge is -2.33. The lowest BCUT2D eigenvalue weighted by molar-refractivity contribution is 0.0676. The van der Waals surface area contributed by atoms with E-state index in [1.807, 2.05) is 36.4 Å². The fraction of sp³-hybridized carbons (Fsp3) is 0.200. The van der Waals surface area contributed by atoms with E-state index >= 15 is 0 Å². The van der Waals surface area contributed by atoms with Crippen LogP contribution in [0, 0.1) is 0 Å². The molecule has 0 aliphatic carbocycles. The van der Waals surface area contributed by atoms with E-state index in [9.17, 15) is 19.2 Å². The number of likely N-dealkylation sites (tertiary alicyclic amines) is 1. The summed E-state index contributed by atoms with van der Waals surface area (Å²) in [7, 11) is 0. The molecule has 1 fully saturated rings. The smallest absolute Gasteiger partial charge is 0.258 e. The van der Waals surface area contributed by atoms with E-state index in [2.05, 4.69) is 10.6 Å². The quantitative estimate of drug-likeness (QED) is 0.629. The van der Waals surface area contributed by atoms with Gasteiger partial charge in [0.05, 0.1) is 11.1 Å². The Labute approximate surface area is 184 Å². The molecule has 0 radical (unpaired) electrons. The molecular formula is C25H21N3O4. The van der Waals surface area contributed by atoms with Crippen LogP contribution in [-0.4, -0.2) is 47.7 Å². The van der Waals surface area contributed by atoms with Gasteiger partial charge >= 0.3 is 0 Å². The average Bonchev–Trinajstić information content (AvgIpc) is 3.11. The van der Waals surface area contributed by atoms with Crippen LogP contribution in [0.15, 0.2) is 60.7 Å². The van der Waals surface area contributed by atoms with Crippen LogP contribution in [-0.2, 0) is 0 Å². The third-order valence-electron chi connectivity index (χ3n) is 6.04. The zero-order chi connectivity index (χ0) is 22.2. The highest BCUT2D eigenvalue weighted by atomic mass is 16.2. The second-order valence-corrected chi connectivity index (χ2v) is 8.17. The van der Waals surface area contributed by atoms with Crippen molar-refractivity contribution in [3.8, 4) is 0 Å². The largest absolute Gasteiger partial charge is 0.348 e. The predicted octanol–water partition coefficient (Wildman–Crippen LogP) is 2.76. The van der Waals surface area contributed by atoms with E-state index in [1.165, 1.54) is 12.1 Å². The van der Waals surface area contributed by atoms with E-state index in [0.717, 1.165) is 23.6 Å². The highest BCUT2D eigenvalue weighted by molar-refractivity contribution is 6.22. The molecule has 7 nitrogen and oxygen atoms in total.